The van der Waals surface area contributed by atoms with Gasteiger partial charge in [0, 0.05) is 24.9 Å². The molecule has 0 saturated heterocycles. The summed E-state index contributed by atoms with van der Waals surface area (Å²) in [7, 11) is 0. The summed E-state index contributed by atoms with van der Waals surface area (Å²) >= 11 is 0. The Labute approximate surface area is 150 Å². The molecule has 2 N–H and O–H groups in total. The molecule has 2 amide bonds. The van der Waals surface area contributed by atoms with E-state index in [1.165, 1.54) is 0 Å². The summed E-state index contributed by atoms with van der Waals surface area (Å²) in [6.07, 6.45) is 0.969. The number of rotatable bonds is 7. The molecule has 5 nitrogen and oxygen atoms in total. The van der Waals surface area contributed by atoms with Gasteiger partial charge in [-0.2, -0.15) is 0 Å². The quantitative estimate of drug-likeness (QED) is 0.685. The van der Waals surface area contributed by atoms with Crippen molar-refractivity contribution in [1.82, 2.24) is 10.6 Å². The number of ketones is 1. The van der Waals surface area contributed by atoms with Crippen LogP contribution in [0.1, 0.15) is 83.1 Å². The molecule has 0 aromatic carbocycles. The second-order valence-electron chi connectivity index (χ2n) is 6.97. The normalized spacial score (nSPS) is 9.67. The lowest BCUT2D eigenvalue weighted by molar-refractivity contribution is -0.138. The smallest absolute Gasteiger partial charge is 0.287 e. The number of hydrogen-bond donors (Lipinski definition) is 2. The Morgan fingerprint density at radius 2 is 1.04 bits per heavy atom. The molecule has 0 rings (SSSR count). The van der Waals surface area contributed by atoms with Crippen LogP contribution in [-0.4, -0.2) is 29.7 Å². The highest BCUT2D eigenvalue weighted by Gasteiger charge is 2.15. The molecule has 0 radical (unpaired) electrons. The monoisotopic (exact) mass is 346 g/mol. The van der Waals surface area contributed by atoms with E-state index in [0.29, 0.717) is 18.8 Å². The number of nitrogens with one attached hydrogen (secondary N) is 2. The summed E-state index contributed by atoms with van der Waals surface area (Å²) in [6.45, 7) is 15.5. The third-order valence-corrected chi connectivity index (χ3v) is 2.31. The van der Waals surface area contributed by atoms with Gasteiger partial charge in [0.2, 0.25) is 11.7 Å². The van der Waals surface area contributed by atoms with Crippen molar-refractivity contribution in [3.05, 3.63) is 0 Å². The van der Waals surface area contributed by atoms with Gasteiger partial charge in [-0.05, 0) is 39.5 Å². The lowest BCUT2D eigenvalue weighted by atomic mass is 10.1. The first kappa shape index (κ1) is 30.5. The van der Waals surface area contributed by atoms with Crippen LogP contribution in [0.2, 0.25) is 0 Å². The van der Waals surface area contributed by atoms with Gasteiger partial charge in [-0.25, -0.2) is 0 Å². The molecule has 24 heavy (non-hydrogen) atoms. The van der Waals surface area contributed by atoms with E-state index in [0.717, 1.165) is 0 Å². The van der Waals surface area contributed by atoms with Crippen molar-refractivity contribution in [1.29, 1.82) is 0 Å². The molecule has 0 spiro atoms. The van der Waals surface area contributed by atoms with Crippen LogP contribution in [-0.2, 0) is 14.4 Å². The number of Topliss-reactive ketones (excluding diaryl/α,β-unsaturated/α-hetero) is 1. The Balaban J connectivity index is -0.000000156. The summed E-state index contributed by atoms with van der Waals surface area (Å²) in [4.78, 5) is 33.1. The van der Waals surface area contributed by atoms with Crippen molar-refractivity contribution >= 4 is 17.6 Å². The van der Waals surface area contributed by atoms with E-state index in [-0.39, 0.29) is 44.5 Å². The topological polar surface area (TPSA) is 75.3 Å². The summed E-state index contributed by atoms with van der Waals surface area (Å²) < 4.78 is 0. The standard InChI is InChI=1S/C9H17NO2.C8H17NO.2CH4/c1-6(2)5-8(11)9(12)10-7(3)4;1-6(2)5-8(10)9-7(3)4;;/h6-7H,5H2,1-4H3,(H,10,12);6-7H,5H2,1-4H3,(H,9,10);2*1H4. The molecular formula is C19H42N2O3. The maximum absolute atomic E-state index is 11.1. The van der Waals surface area contributed by atoms with Crippen molar-refractivity contribution in [2.45, 2.75) is 95.2 Å². The van der Waals surface area contributed by atoms with Crippen molar-refractivity contribution in [2.24, 2.45) is 11.8 Å². The maximum atomic E-state index is 11.1. The van der Waals surface area contributed by atoms with Gasteiger partial charge in [-0.3, -0.25) is 14.4 Å². The molecule has 0 fully saturated rings. The van der Waals surface area contributed by atoms with Crippen LogP contribution in [0.25, 0.3) is 0 Å². The van der Waals surface area contributed by atoms with Crippen LogP contribution in [0, 0.1) is 11.8 Å². The van der Waals surface area contributed by atoms with Gasteiger partial charge in [0.25, 0.3) is 5.91 Å². The van der Waals surface area contributed by atoms with E-state index in [4.69, 9.17) is 0 Å². The number of carbonyl (C=O) groups excluding carboxylic acids is 3. The fraction of sp³-hybridized carbons (Fsp3) is 0.842. The van der Waals surface area contributed by atoms with Crippen LogP contribution >= 0.6 is 0 Å². The second kappa shape index (κ2) is 16.5. The highest BCUT2D eigenvalue weighted by molar-refractivity contribution is 6.36. The zero-order valence-corrected chi connectivity index (χ0v) is 15.4. The third kappa shape index (κ3) is 22.9. The van der Waals surface area contributed by atoms with Crippen molar-refractivity contribution in [3.8, 4) is 0 Å². The van der Waals surface area contributed by atoms with Crippen LogP contribution in [0.15, 0.2) is 0 Å². The maximum Gasteiger partial charge on any atom is 0.287 e. The molecule has 0 aromatic heterocycles. The summed E-state index contributed by atoms with van der Waals surface area (Å²) in [6, 6.07) is 0.305. The van der Waals surface area contributed by atoms with Crippen LogP contribution < -0.4 is 10.6 Å². The molecule has 0 heterocycles. The van der Waals surface area contributed by atoms with Gasteiger partial charge >= 0.3 is 0 Å². The average molecular weight is 347 g/mol. The molecule has 0 saturated carbocycles. The first-order chi connectivity index (χ1) is 9.95. The van der Waals surface area contributed by atoms with Gasteiger partial charge < -0.3 is 10.6 Å². The Morgan fingerprint density at radius 1 is 0.667 bits per heavy atom. The SMILES string of the molecule is C.C.CC(C)CC(=O)C(=O)NC(C)C.CC(C)CC(=O)NC(C)C. The minimum Gasteiger partial charge on any atom is -0.354 e. The fourth-order valence-corrected chi connectivity index (χ4v) is 1.56. The molecule has 0 aliphatic heterocycles. The summed E-state index contributed by atoms with van der Waals surface area (Å²) in [5.74, 6) is 0.0802. The lowest BCUT2D eigenvalue weighted by Crippen LogP contribution is -2.36. The third-order valence-electron chi connectivity index (χ3n) is 2.31. The minimum atomic E-state index is -0.460. The Kier molecular flexibility index (Phi) is 20.9. The van der Waals surface area contributed by atoms with Gasteiger partial charge in [0.15, 0.2) is 0 Å². The Bertz CT molecular complexity index is 317. The second-order valence-corrected chi connectivity index (χ2v) is 6.97. The molecule has 0 unspecified atom stereocenters. The number of carbonyl (C=O) groups is 3. The highest BCUT2D eigenvalue weighted by Crippen LogP contribution is 2.00. The van der Waals surface area contributed by atoms with E-state index in [1.54, 1.807) is 0 Å². The summed E-state index contributed by atoms with van der Waals surface area (Å²) in [5.41, 5.74) is 0. The fourth-order valence-electron chi connectivity index (χ4n) is 1.56. The van der Waals surface area contributed by atoms with Gasteiger partial charge in [0.1, 0.15) is 0 Å². The van der Waals surface area contributed by atoms with Gasteiger partial charge in [-0.15, -0.1) is 0 Å². The molecule has 0 aromatic rings. The first-order valence-electron chi connectivity index (χ1n) is 8.08. The molecule has 0 atom stereocenters. The molecule has 0 aliphatic carbocycles. The Morgan fingerprint density at radius 3 is 1.33 bits per heavy atom. The molecule has 0 bridgehead atoms. The van der Waals surface area contributed by atoms with Crippen LogP contribution in [0.4, 0.5) is 0 Å². The predicted molar refractivity (Wildman–Crippen MR) is 104 cm³/mol. The molecule has 146 valence electrons. The predicted octanol–water partition coefficient (Wildman–Crippen LogP) is 3.96. The van der Waals surface area contributed by atoms with E-state index < -0.39 is 5.91 Å². The lowest BCUT2D eigenvalue weighted by Gasteiger charge is -2.09. The largest absolute Gasteiger partial charge is 0.354 e. The van der Waals surface area contributed by atoms with E-state index >= 15 is 0 Å². The molecular weight excluding hydrogens is 304 g/mol. The van der Waals surface area contributed by atoms with Crippen LogP contribution in [0.5, 0.6) is 0 Å². The summed E-state index contributed by atoms with van der Waals surface area (Å²) in [5, 5.41) is 5.39. The van der Waals surface area contributed by atoms with E-state index in [2.05, 4.69) is 10.6 Å². The first-order valence-corrected chi connectivity index (χ1v) is 8.08. The minimum absolute atomic E-state index is 0. The average Bonchev–Trinajstić information content (AvgIpc) is 2.25. The van der Waals surface area contributed by atoms with Crippen LogP contribution in [0.3, 0.4) is 0 Å². The van der Waals surface area contributed by atoms with Crippen molar-refractivity contribution < 1.29 is 14.4 Å². The number of amides is 2. The van der Waals surface area contributed by atoms with E-state index in [9.17, 15) is 14.4 Å². The van der Waals surface area contributed by atoms with Crippen molar-refractivity contribution in [3.63, 3.8) is 0 Å². The number of hydrogen-bond acceptors (Lipinski definition) is 3. The van der Waals surface area contributed by atoms with E-state index in [1.807, 2.05) is 55.4 Å². The van der Waals surface area contributed by atoms with Gasteiger partial charge in [0.05, 0.1) is 0 Å². The highest BCUT2D eigenvalue weighted by atomic mass is 16.2. The zero-order valence-electron chi connectivity index (χ0n) is 15.4. The molecule has 0 aliphatic rings. The molecule has 5 heteroatoms. The Hall–Kier alpha value is -1.39. The van der Waals surface area contributed by atoms with Crippen molar-refractivity contribution in [2.75, 3.05) is 0 Å². The zero-order chi connectivity index (χ0) is 17.9. The van der Waals surface area contributed by atoms with Gasteiger partial charge in [-0.1, -0.05) is 42.5 Å².